The van der Waals surface area contributed by atoms with Crippen LogP contribution >= 0.6 is 23.2 Å². The number of anilines is 1. The largest absolute Gasteiger partial charge is 0.323 e. The second kappa shape index (κ2) is 5.29. The lowest BCUT2D eigenvalue weighted by molar-refractivity contribution is -0.118. The van der Waals surface area contributed by atoms with Crippen LogP contribution in [0.25, 0.3) is 0 Å². The molecular formula is C13H13Cl2NO2. The Balaban J connectivity index is 2.39. The molecule has 0 bridgehead atoms. The molecule has 2 rings (SSSR count). The zero-order valence-electron chi connectivity index (χ0n) is 9.93. The van der Waals surface area contributed by atoms with Crippen molar-refractivity contribution in [2.24, 2.45) is 5.92 Å². The predicted molar refractivity (Wildman–Crippen MR) is 72.4 cm³/mol. The standard InChI is InChI=1S/C13H13Cl2NO2/c1-2-3-4-8-12(17)7-5-6-9(14)10(15)11(7)16-13(8)18/h5-6,8H,2-4H2,1H3,(H,16,18). The monoisotopic (exact) mass is 285 g/mol. The predicted octanol–water partition coefficient (Wildman–Crippen LogP) is 3.93. The van der Waals surface area contributed by atoms with Crippen LogP contribution in [0.3, 0.4) is 0 Å². The fourth-order valence-electron chi connectivity index (χ4n) is 2.07. The van der Waals surface area contributed by atoms with Gasteiger partial charge in [0.25, 0.3) is 0 Å². The molecule has 1 aromatic rings. The smallest absolute Gasteiger partial charge is 0.235 e. The lowest BCUT2D eigenvalue weighted by Gasteiger charge is -2.24. The third-order valence-electron chi connectivity index (χ3n) is 3.09. The summed E-state index contributed by atoms with van der Waals surface area (Å²) >= 11 is 11.9. The Morgan fingerprint density at radius 3 is 2.67 bits per heavy atom. The van der Waals surface area contributed by atoms with E-state index in [0.717, 1.165) is 12.8 Å². The average Bonchev–Trinajstić information content (AvgIpc) is 2.34. The summed E-state index contributed by atoms with van der Waals surface area (Å²) in [4.78, 5) is 24.1. The Hall–Kier alpha value is -1.06. The van der Waals surface area contributed by atoms with Crippen LogP contribution in [-0.4, -0.2) is 11.7 Å². The van der Waals surface area contributed by atoms with E-state index in [-0.39, 0.29) is 16.7 Å². The zero-order chi connectivity index (χ0) is 13.3. The number of ketones is 1. The molecule has 0 spiro atoms. The van der Waals surface area contributed by atoms with E-state index < -0.39 is 5.92 Å². The Bertz CT molecular complexity index is 514. The van der Waals surface area contributed by atoms with Gasteiger partial charge in [0.1, 0.15) is 5.92 Å². The van der Waals surface area contributed by atoms with E-state index in [2.05, 4.69) is 5.32 Å². The van der Waals surface area contributed by atoms with Crippen molar-refractivity contribution in [1.29, 1.82) is 0 Å². The lowest BCUT2D eigenvalue weighted by atomic mass is 9.88. The fraction of sp³-hybridized carbons (Fsp3) is 0.385. The molecule has 0 aliphatic carbocycles. The number of hydrogen-bond acceptors (Lipinski definition) is 2. The minimum atomic E-state index is -0.602. The highest BCUT2D eigenvalue weighted by molar-refractivity contribution is 6.45. The third kappa shape index (κ3) is 2.25. The highest BCUT2D eigenvalue weighted by atomic mass is 35.5. The summed E-state index contributed by atoms with van der Waals surface area (Å²) < 4.78 is 0. The van der Waals surface area contributed by atoms with Crippen LogP contribution < -0.4 is 5.32 Å². The van der Waals surface area contributed by atoms with E-state index in [9.17, 15) is 9.59 Å². The van der Waals surface area contributed by atoms with Gasteiger partial charge in [0.15, 0.2) is 5.78 Å². The molecular weight excluding hydrogens is 273 g/mol. The molecule has 3 nitrogen and oxygen atoms in total. The van der Waals surface area contributed by atoms with Crippen molar-refractivity contribution in [1.82, 2.24) is 0 Å². The number of nitrogens with one attached hydrogen (secondary N) is 1. The van der Waals surface area contributed by atoms with Crippen molar-refractivity contribution in [3.63, 3.8) is 0 Å². The Labute approximate surface area is 115 Å². The Kier molecular flexibility index (Phi) is 3.93. The van der Waals surface area contributed by atoms with Gasteiger partial charge in [-0.05, 0) is 18.6 Å². The average molecular weight is 286 g/mol. The molecule has 1 aromatic carbocycles. The van der Waals surface area contributed by atoms with Crippen LogP contribution in [0.2, 0.25) is 10.0 Å². The minimum Gasteiger partial charge on any atom is -0.323 e. The van der Waals surface area contributed by atoms with Crippen molar-refractivity contribution in [2.75, 3.05) is 5.32 Å². The van der Waals surface area contributed by atoms with Gasteiger partial charge in [0, 0.05) is 5.56 Å². The van der Waals surface area contributed by atoms with Crippen LogP contribution in [0.5, 0.6) is 0 Å². The number of rotatable bonds is 3. The van der Waals surface area contributed by atoms with E-state index >= 15 is 0 Å². The second-order valence-electron chi connectivity index (χ2n) is 4.33. The van der Waals surface area contributed by atoms with Crippen molar-refractivity contribution in [3.8, 4) is 0 Å². The molecule has 1 N–H and O–H groups in total. The van der Waals surface area contributed by atoms with E-state index in [4.69, 9.17) is 23.2 Å². The number of amides is 1. The van der Waals surface area contributed by atoms with Gasteiger partial charge >= 0.3 is 0 Å². The van der Waals surface area contributed by atoms with Gasteiger partial charge in [-0.25, -0.2) is 0 Å². The van der Waals surface area contributed by atoms with E-state index in [1.54, 1.807) is 12.1 Å². The van der Waals surface area contributed by atoms with Gasteiger partial charge in [-0.3, -0.25) is 9.59 Å². The number of halogens is 2. The molecule has 1 heterocycles. The number of carbonyl (C=O) groups is 2. The maximum absolute atomic E-state index is 12.2. The molecule has 0 saturated heterocycles. The summed E-state index contributed by atoms with van der Waals surface area (Å²) in [5, 5.41) is 3.24. The summed E-state index contributed by atoms with van der Waals surface area (Å²) in [6.07, 6.45) is 2.37. The van der Waals surface area contributed by atoms with E-state index in [1.807, 2.05) is 6.92 Å². The topological polar surface area (TPSA) is 46.2 Å². The van der Waals surface area contributed by atoms with Gasteiger partial charge in [0.2, 0.25) is 5.91 Å². The van der Waals surface area contributed by atoms with Crippen LogP contribution in [-0.2, 0) is 4.79 Å². The number of Topliss-reactive ketones (excluding diaryl/α,β-unsaturated/α-hetero) is 1. The van der Waals surface area contributed by atoms with Gasteiger partial charge in [-0.15, -0.1) is 0 Å². The molecule has 1 aliphatic rings. The van der Waals surface area contributed by atoms with Gasteiger partial charge < -0.3 is 5.32 Å². The summed E-state index contributed by atoms with van der Waals surface area (Å²) in [6, 6.07) is 3.19. The lowest BCUT2D eigenvalue weighted by Crippen LogP contribution is -2.35. The van der Waals surface area contributed by atoms with Crippen molar-refractivity contribution in [2.45, 2.75) is 26.2 Å². The highest BCUT2D eigenvalue weighted by Gasteiger charge is 2.35. The molecule has 1 unspecified atom stereocenters. The third-order valence-corrected chi connectivity index (χ3v) is 3.89. The number of carbonyl (C=O) groups excluding carboxylic acids is 2. The first-order valence-corrected chi connectivity index (χ1v) is 6.65. The molecule has 0 fully saturated rings. The normalized spacial score (nSPS) is 18.5. The quantitative estimate of drug-likeness (QED) is 0.855. The van der Waals surface area contributed by atoms with E-state index in [1.165, 1.54) is 0 Å². The Morgan fingerprint density at radius 1 is 1.28 bits per heavy atom. The second-order valence-corrected chi connectivity index (χ2v) is 5.12. The van der Waals surface area contributed by atoms with Gasteiger partial charge in [-0.2, -0.15) is 0 Å². The zero-order valence-corrected chi connectivity index (χ0v) is 11.4. The van der Waals surface area contributed by atoms with Crippen LogP contribution in [0.4, 0.5) is 5.69 Å². The van der Waals surface area contributed by atoms with Gasteiger partial charge in [-0.1, -0.05) is 43.0 Å². The van der Waals surface area contributed by atoms with Crippen LogP contribution in [0, 0.1) is 5.92 Å². The minimum absolute atomic E-state index is 0.166. The molecule has 0 saturated carbocycles. The summed E-state index contributed by atoms with van der Waals surface area (Å²) in [6.45, 7) is 2.02. The molecule has 0 radical (unpaired) electrons. The molecule has 96 valence electrons. The first-order valence-electron chi connectivity index (χ1n) is 5.89. The first-order chi connectivity index (χ1) is 8.56. The highest BCUT2D eigenvalue weighted by Crippen LogP contribution is 2.37. The van der Waals surface area contributed by atoms with Crippen molar-refractivity contribution < 1.29 is 9.59 Å². The van der Waals surface area contributed by atoms with Crippen molar-refractivity contribution >= 4 is 40.6 Å². The SMILES string of the molecule is CCCCC1C(=O)Nc2c(ccc(Cl)c2Cl)C1=O. The maximum Gasteiger partial charge on any atom is 0.235 e. The Morgan fingerprint density at radius 2 is 2.00 bits per heavy atom. The van der Waals surface area contributed by atoms with Crippen LogP contribution in [0.15, 0.2) is 12.1 Å². The number of unbranched alkanes of at least 4 members (excludes halogenated alkanes) is 1. The molecule has 5 heteroatoms. The van der Waals surface area contributed by atoms with Crippen molar-refractivity contribution in [3.05, 3.63) is 27.7 Å². The summed E-state index contributed by atoms with van der Waals surface area (Å²) in [7, 11) is 0. The van der Waals surface area contributed by atoms with Gasteiger partial charge in [0.05, 0.1) is 15.7 Å². The summed E-state index contributed by atoms with van der Waals surface area (Å²) in [5.41, 5.74) is 0.789. The molecule has 0 aromatic heterocycles. The first kappa shape index (κ1) is 13.4. The molecule has 1 atom stereocenters. The number of hydrogen-bond donors (Lipinski definition) is 1. The van der Waals surface area contributed by atoms with Crippen LogP contribution in [0.1, 0.15) is 36.5 Å². The molecule has 1 aliphatic heterocycles. The summed E-state index contributed by atoms with van der Waals surface area (Å²) in [5.74, 6) is -1.06. The van der Waals surface area contributed by atoms with E-state index in [0.29, 0.717) is 22.7 Å². The fourth-order valence-corrected chi connectivity index (χ4v) is 2.44. The molecule has 1 amide bonds. The number of fused-ring (bicyclic) bond motifs is 1. The maximum atomic E-state index is 12.2. The molecule has 18 heavy (non-hydrogen) atoms. The number of benzene rings is 1.